The minimum atomic E-state index is -3.97. The summed E-state index contributed by atoms with van der Waals surface area (Å²) in [4.78, 5) is 10.0. The van der Waals surface area contributed by atoms with Crippen LogP contribution in [-0.4, -0.2) is 16.3 Å². The molecule has 0 aliphatic carbocycles. The molecule has 0 radical (unpaired) electrons. The number of nitrogens with zero attached hydrogens (tertiary/aromatic N) is 2. The van der Waals surface area contributed by atoms with E-state index in [9.17, 15) is 22.4 Å². The predicted octanol–water partition coefficient (Wildman–Crippen LogP) is 2.18. The Morgan fingerprint density at radius 2 is 2.12 bits per heavy atom. The van der Waals surface area contributed by atoms with E-state index in [0.717, 1.165) is 7.05 Å². The minimum Gasteiger partial charge on any atom is -0.424 e. The lowest BCUT2D eigenvalue weighted by Crippen LogP contribution is -2.12. The van der Waals surface area contributed by atoms with Gasteiger partial charge in [-0.05, 0) is 11.6 Å². The molecule has 0 aliphatic rings. The monoisotopic (exact) mass is 260 g/mol. The zero-order valence-electron chi connectivity index (χ0n) is 7.76. The van der Waals surface area contributed by atoms with E-state index < -0.39 is 28.9 Å². The SMILES string of the molecule is Cn1nc(C(F)F)c(OC=O)c1C(F)(F)Cl. The Kier molecular flexibility index (Phi) is 3.41. The quantitative estimate of drug-likeness (QED) is 0.473. The molecule has 16 heavy (non-hydrogen) atoms. The van der Waals surface area contributed by atoms with E-state index in [-0.39, 0.29) is 6.47 Å². The lowest BCUT2D eigenvalue weighted by molar-refractivity contribution is -0.121. The molecule has 90 valence electrons. The number of carbonyl (C=O) groups is 1. The maximum absolute atomic E-state index is 12.8. The second-order valence-electron chi connectivity index (χ2n) is 2.70. The van der Waals surface area contributed by atoms with Crippen molar-refractivity contribution in [3.05, 3.63) is 11.4 Å². The van der Waals surface area contributed by atoms with Gasteiger partial charge >= 0.3 is 5.38 Å². The molecular weight excluding hydrogens is 256 g/mol. The Labute approximate surface area is 91.7 Å². The second-order valence-corrected chi connectivity index (χ2v) is 3.17. The fourth-order valence-electron chi connectivity index (χ4n) is 1.14. The van der Waals surface area contributed by atoms with Gasteiger partial charge in [0.1, 0.15) is 0 Å². The van der Waals surface area contributed by atoms with Crippen LogP contribution in [0.15, 0.2) is 0 Å². The summed E-state index contributed by atoms with van der Waals surface area (Å²) < 4.78 is 54.9. The van der Waals surface area contributed by atoms with Crippen molar-refractivity contribution in [2.45, 2.75) is 11.8 Å². The van der Waals surface area contributed by atoms with Crippen molar-refractivity contribution in [3.8, 4) is 5.75 Å². The van der Waals surface area contributed by atoms with Gasteiger partial charge in [0, 0.05) is 7.05 Å². The Morgan fingerprint density at radius 3 is 2.50 bits per heavy atom. The highest BCUT2D eigenvalue weighted by Gasteiger charge is 2.40. The molecule has 0 atom stereocenters. The van der Waals surface area contributed by atoms with E-state index in [4.69, 9.17) is 0 Å². The number of aryl methyl sites for hydroxylation is 1. The molecular formula is C7H5ClF4N2O2. The zero-order valence-corrected chi connectivity index (χ0v) is 8.51. The Morgan fingerprint density at radius 1 is 1.56 bits per heavy atom. The summed E-state index contributed by atoms with van der Waals surface area (Å²) in [6.07, 6.45) is -3.16. The summed E-state index contributed by atoms with van der Waals surface area (Å²) in [6, 6.07) is 0. The molecule has 0 aromatic carbocycles. The predicted molar refractivity (Wildman–Crippen MR) is 44.6 cm³/mol. The summed E-state index contributed by atoms with van der Waals surface area (Å²) in [5, 5.41) is -0.852. The highest BCUT2D eigenvalue weighted by atomic mass is 35.5. The third-order valence-corrected chi connectivity index (χ3v) is 1.85. The van der Waals surface area contributed by atoms with Crippen LogP contribution in [0, 0.1) is 0 Å². The second kappa shape index (κ2) is 4.28. The number of ether oxygens (including phenoxy) is 1. The van der Waals surface area contributed by atoms with E-state index in [1.165, 1.54) is 0 Å². The molecule has 9 heteroatoms. The van der Waals surface area contributed by atoms with Crippen molar-refractivity contribution >= 4 is 18.1 Å². The Balaban J connectivity index is 3.41. The Bertz CT molecular complexity index is 402. The molecule has 0 aliphatic heterocycles. The van der Waals surface area contributed by atoms with Gasteiger partial charge in [0.15, 0.2) is 17.1 Å². The molecule has 0 saturated heterocycles. The number of alkyl halides is 5. The van der Waals surface area contributed by atoms with Gasteiger partial charge in [-0.2, -0.15) is 13.9 Å². The van der Waals surface area contributed by atoms with Gasteiger partial charge in [-0.1, -0.05) is 0 Å². The maximum atomic E-state index is 12.8. The van der Waals surface area contributed by atoms with E-state index in [2.05, 4.69) is 21.4 Å². The van der Waals surface area contributed by atoms with Gasteiger partial charge in [0.25, 0.3) is 12.9 Å². The number of rotatable bonds is 4. The largest absolute Gasteiger partial charge is 0.424 e. The smallest absolute Gasteiger partial charge is 0.368 e. The number of hydrogen-bond donors (Lipinski definition) is 0. The first kappa shape index (κ1) is 12.8. The van der Waals surface area contributed by atoms with Crippen LogP contribution in [-0.2, 0) is 17.2 Å². The highest BCUT2D eigenvalue weighted by Crippen LogP contribution is 2.42. The van der Waals surface area contributed by atoms with Crippen LogP contribution in [0.2, 0.25) is 0 Å². The molecule has 1 aromatic rings. The zero-order chi connectivity index (χ0) is 12.5. The fourth-order valence-corrected chi connectivity index (χ4v) is 1.35. The van der Waals surface area contributed by atoms with Crippen LogP contribution < -0.4 is 4.74 Å². The molecule has 1 aromatic heterocycles. The molecule has 0 amide bonds. The summed E-state index contributed by atoms with van der Waals surface area (Å²) in [7, 11) is 0.981. The highest BCUT2D eigenvalue weighted by molar-refractivity contribution is 6.21. The van der Waals surface area contributed by atoms with Crippen molar-refractivity contribution in [2.75, 3.05) is 0 Å². The molecule has 0 fully saturated rings. The fraction of sp³-hybridized carbons (Fsp3) is 0.429. The summed E-state index contributed by atoms with van der Waals surface area (Å²) >= 11 is 4.69. The number of halogens is 5. The van der Waals surface area contributed by atoms with Gasteiger partial charge < -0.3 is 4.74 Å². The summed E-state index contributed by atoms with van der Waals surface area (Å²) in [6.45, 7) is -0.255. The van der Waals surface area contributed by atoms with Gasteiger partial charge in [-0.3, -0.25) is 9.48 Å². The third kappa shape index (κ3) is 2.26. The molecule has 0 bridgehead atoms. The van der Waals surface area contributed by atoms with Crippen LogP contribution in [0.3, 0.4) is 0 Å². The van der Waals surface area contributed by atoms with Gasteiger partial charge in [0.2, 0.25) is 0 Å². The van der Waals surface area contributed by atoms with Crippen molar-refractivity contribution in [1.82, 2.24) is 9.78 Å². The molecule has 4 nitrogen and oxygen atoms in total. The number of aromatic nitrogens is 2. The normalized spacial score (nSPS) is 11.9. The van der Waals surface area contributed by atoms with Crippen molar-refractivity contribution in [3.63, 3.8) is 0 Å². The maximum Gasteiger partial charge on any atom is 0.368 e. The molecule has 1 heterocycles. The first-order valence-electron chi connectivity index (χ1n) is 3.81. The third-order valence-electron chi connectivity index (χ3n) is 1.67. The standard InChI is InChI=1S/C7H5ClF4N2O2/c1-14-5(7(8,11)12)4(16-2-15)3(13-14)6(9)10/h2,6H,1H3. The van der Waals surface area contributed by atoms with Crippen LogP contribution in [0.4, 0.5) is 17.6 Å². The average molecular weight is 261 g/mol. The molecule has 1 rings (SSSR count). The van der Waals surface area contributed by atoms with Crippen LogP contribution in [0.25, 0.3) is 0 Å². The Hall–Kier alpha value is -1.31. The van der Waals surface area contributed by atoms with Crippen molar-refractivity contribution in [1.29, 1.82) is 0 Å². The van der Waals surface area contributed by atoms with Crippen LogP contribution in [0.1, 0.15) is 17.8 Å². The van der Waals surface area contributed by atoms with E-state index in [1.54, 1.807) is 0 Å². The van der Waals surface area contributed by atoms with Crippen molar-refractivity contribution in [2.24, 2.45) is 7.05 Å². The van der Waals surface area contributed by atoms with Gasteiger partial charge in [0.05, 0.1) is 0 Å². The molecule has 0 unspecified atom stereocenters. The van der Waals surface area contributed by atoms with E-state index >= 15 is 0 Å². The van der Waals surface area contributed by atoms with Crippen LogP contribution >= 0.6 is 11.6 Å². The first-order chi connectivity index (χ1) is 7.29. The topological polar surface area (TPSA) is 44.1 Å². The van der Waals surface area contributed by atoms with E-state index in [0.29, 0.717) is 4.68 Å². The van der Waals surface area contributed by atoms with E-state index in [1.807, 2.05) is 0 Å². The van der Waals surface area contributed by atoms with Gasteiger partial charge in [-0.15, -0.1) is 0 Å². The number of carbonyl (C=O) groups excluding carboxylic acids is 1. The van der Waals surface area contributed by atoms with Gasteiger partial charge in [-0.25, -0.2) is 8.78 Å². The average Bonchev–Trinajstić information content (AvgIpc) is 2.42. The summed E-state index contributed by atoms with van der Waals surface area (Å²) in [5.74, 6) is -1.02. The lowest BCUT2D eigenvalue weighted by atomic mass is 10.3. The molecule has 0 saturated carbocycles. The molecule has 0 spiro atoms. The summed E-state index contributed by atoms with van der Waals surface area (Å²) in [5.41, 5.74) is -2.17. The van der Waals surface area contributed by atoms with Crippen molar-refractivity contribution < 1.29 is 27.1 Å². The number of hydrogen-bond acceptors (Lipinski definition) is 3. The lowest BCUT2D eigenvalue weighted by Gasteiger charge is -2.09. The minimum absolute atomic E-state index is 0.255. The molecule has 0 N–H and O–H groups in total. The van der Waals surface area contributed by atoms with Crippen LogP contribution in [0.5, 0.6) is 5.75 Å². The first-order valence-corrected chi connectivity index (χ1v) is 4.19.